The van der Waals surface area contributed by atoms with Gasteiger partial charge in [0, 0.05) is 21.2 Å². The molecule has 1 saturated heterocycles. The number of carbonyl (C=O) groups excluding carboxylic acids is 2. The van der Waals surface area contributed by atoms with Crippen molar-refractivity contribution in [1.82, 2.24) is 10.2 Å². The Bertz CT molecular complexity index is 579. The van der Waals surface area contributed by atoms with Crippen LogP contribution in [0.25, 0.3) is 0 Å². The average molecular weight is 305 g/mol. The molecule has 1 heterocycles. The number of hydrogen-bond donors (Lipinski definition) is 2. The number of amides is 2. The van der Waals surface area contributed by atoms with E-state index in [4.69, 9.17) is 1.37 Å². The molecule has 1 fully saturated rings. The average Bonchev–Trinajstić information content (AvgIpc) is 3.04. The van der Waals surface area contributed by atoms with Gasteiger partial charge in [-0.2, -0.15) is 0 Å². The van der Waals surface area contributed by atoms with E-state index in [2.05, 4.69) is 5.32 Å². The standard InChI is InChI=1S/C16H20N2O4/c1-11(19)17-13(10-12-6-3-2-4-7-12)15(20)18-9-5-8-14(18)16(21)22/h2-4,6-7,13-14H,5,8-10H2,1H3,(H,17,19)(H,21,22)/t13-,14-/m0/s1/i1D. The molecule has 2 amide bonds. The second-order valence-electron chi connectivity index (χ2n) is 5.34. The lowest BCUT2D eigenvalue weighted by molar-refractivity contribution is -0.149. The lowest BCUT2D eigenvalue weighted by Gasteiger charge is -2.27. The van der Waals surface area contributed by atoms with Gasteiger partial charge >= 0.3 is 5.97 Å². The van der Waals surface area contributed by atoms with Gasteiger partial charge in [0.2, 0.25) is 11.8 Å². The number of likely N-dealkylation sites (tertiary alicyclic amines) is 1. The zero-order valence-electron chi connectivity index (χ0n) is 13.2. The number of aliphatic carboxylic acids is 1. The maximum Gasteiger partial charge on any atom is 0.326 e. The van der Waals surface area contributed by atoms with Gasteiger partial charge in [-0.15, -0.1) is 0 Å². The van der Waals surface area contributed by atoms with Crippen molar-refractivity contribution in [3.63, 3.8) is 0 Å². The Morgan fingerprint density at radius 1 is 1.41 bits per heavy atom. The molecule has 0 radical (unpaired) electrons. The molecule has 0 spiro atoms. The normalized spacial score (nSPS) is 19.4. The van der Waals surface area contributed by atoms with Crippen LogP contribution < -0.4 is 5.32 Å². The second kappa shape index (κ2) is 7.06. The van der Waals surface area contributed by atoms with Crippen molar-refractivity contribution >= 4 is 17.8 Å². The van der Waals surface area contributed by atoms with E-state index >= 15 is 0 Å². The number of nitrogens with zero attached hydrogens (tertiary/aromatic N) is 1. The molecular formula is C16H20N2O4. The molecule has 0 unspecified atom stereocenters. The minimum Gasteiger partial charge on any atom is -0.480 e. The zero-order valence-corrected chi connectivity index (χ0v) is 12.2. The molecule has 118 valence electrons. The highest BCUT2D eigenvalue weighted by Gasteiger charge is 2.37. The van der Waals surface area contributed by atoms with Gasteiger partial charge in [0.15, 0.2) is 0 Å². The van der Waals surface area contributed by atoms with Crippen LogP contribution in [0.5, 0.6) is 0 Å². The number of hydrogen-bond acceptors (Lipinski definition) is 3. The minimum atomic E-state index is -1.03. The van der Waals surface area contributed by atoms with Crippen molar-refractivity contribution in [3.8, 4) is 0 Å². The molecule has 1 aromatic rings. The van der Waals surface area contributed by atoms with Crippen LogP contribution in [0.2, 0.25) is 0 Å². The first kappa shape index (κ1) is 14.6. The smallest absolute Gasteiger partial charge is 0.326 e. The maximum atomic E-state index is 12.7. The fraction of sp³-hybridized carbons (Fsp3) is 0.438. The van der Waals surface area contributed by atoms with Crippen LogP contribution in [-0.2, 0) is 20.8 Å². The van der Waals surface area contributed by atoms with Crippen LogP contribution >= 0.6 is 0 Å². The molecule has 22 heavy (non-hydrogen) atoms. The molecule has 1 aliphatic heterocycles. The molecule has 2 N–H and O–H groups in total. The van der Waals surface area contributed by atoms with E-state index in [1.165, 1.54) is 4.90 Å². The largest absolute Gasteiger partial charge is 0.480 e. The van der Waals surface area contributed by atoms with E-state index in [1.807, 2.05) is 30.3 Å². The van der Waals surface area contributed by atoms with Crippen LogP contribution in [0, 0.1) is 0 Å². The van der Waals surface area contributed by atoms with E-state index in [0.717, 1.165) is 5.56 Å². The molecular weight excluding hydrogens is 284 g/mol. The molecule has 2 atom stereocenters. The molecule has 0 bridgehead atoms. The van der Waals surface area contributed by atoms with Gasteiger partial charge in [-0.25, -0.2) is 4.79 Å². The van der Waals surface area contributed by atoms with Crippen molar-refractivity contribution in [2.24, 2.45) is 0 Å². The van der Waals surface area contributed by atoms with E-state index < -0.39 is 36.8 Å². The zero-order chi connectivity index (χ0) is 16.8. The SMILES string of the molecule is [2H]CC(=O)N[C@@H](Cc1ccccc1)C(=O)N1CCC[C@H]1C(=O)O. The van der Waals surface area contributed by atoms with Crippen LogP contribution in [0.1, 0.15) is 26.7 Å². The van der Waals surface area contributed by atoms with Crippen molar-refractivity contribution in [2.75, 3.05) is 6.54 Å². The van der Waals surface area contributed by atoms with Crippen LogP contribution in [0.4, 0.5) is 0 Å². The Kier molecular flexibility index (Phi) is 4.68. The first-order valence-corrected chi connectivity index (χ1v) is 7.18. The summed E-state index contributed by atoms with van der Waals surface area (Å²) in [5.74, 6) is -1.98. The van der Waals surface area contributed by atoms with E-state index in [9.17, 15) is 19.5 Å². The third-order valence-corrected chi connectivity index (χ3v) is 3.74. The molecule has 0 aromatic heterocycles. The molecule has 6 nitrogen and oxygen atoms in total. The van der Waals surface area contributed by atoms with Crippen molar-refractivity contribution < 1.29 is 20.9 Å². The summed E-state index contributed by atoms with van der Waals surface area (Å²) in [6, 6.07) is 7.50. The number of carboxylic acids is 1. The quantitative estimate of drug-likeness (QED) is 0.843. The highest BCUT2D eigenvalue weighted by Crippen LogP contribution is 2.19. The molecule has 1 aromatic carbocycles. The van der Waals surface area contributed by atoms with E-state index in [-0.39, 0.29) is 6.42 Å². The lowest BCUT2D eigenvalue weighted by Crippen LogP contribution is -2.52. The molecule has 1 aliphatic rings. The molecule has 0 saturated carbocycles. The number of carbonyl (C=O) groups is 3. The van der Waals surface area contributed by atoms with Gasteiger partial charge in [-0.05, 0) is 18.4 Å². The number of nitrogens with one attached hydrogen (secondary N) is 1. The van der Waals surface area contributed by atoms with Crippen molar-refractivity contribution in [2.45, 2.75) is 38.2 Å². The predicted molar refractivity (Wildman–Crippen MR) is 80.1 cm³/mol. The predicted octanol–water partition coefficient (Wildman–Crippen LogP) is 0.809. The van der Waals surface area contributed by atoms with Crippen LogP contribution in [0.15, 0.2) is 30.3 Å². The maximum absolute atomic E-state index is 12.7. The minimum absolute atomic E-state index is 0.272. The Balaban J connectivity index is 2.16. The summed E-state index contributed by atoms with van der Waals surface area (Å²) in [5, 5.41) is 11.8. The van der Waals surface area contributed by atoms with Gasteiger partial charge in [0.25, 0.3) is 0 Å². The summed E-state index contributed by atoms with van der Waals surface area (Å²) < 4.78 is 7.11. The first-order valence-electron chi connectivity index (χ1n) is 7.89. The molecule has 0 aliphatic carbocycles. The third kappa shape index (κ3) is 3.84. The van der Waals surface area contributed by atoms with Gasteiger partial charge in [0.05, 0.1) is 0 Å². The second-order valence-corrected chi connectivity index (χ2v) is 5.34. The van der Waals surface area contributed by atoms with Crippen LogP contribution in [0.3, 0.4) is 0 Å². The summed E-state index contributed by atoms with van der Waals surface area (Å²) in [6.07, 6.45) is 1.33. The monoisotopic (exact) mass is 305 g/mol. The fourth-order valence-electron chi connectivity index (χ4n) is 2.73. The highest BCUT2D eigenvalue weighted by atomic mass is 16.4. The summed E-state index contributed by atoms with van der Waals surface area (Å²) in [5.41, 5.74) is 0.863. The van der Waals surface area contributed by atoms with Crippen LogP contribution in [-0.4, -0.2) is 46.4 Å². The lowest BCUT2D eigenvalue weighted by atomic mass is 10.0. The Labute approximate surface area is 130 Å². The van der Waals surface area contributed by atoms with Crippen molar-refractivity contribution in [3.05, 3.63) is 35.9 Å². The molecule has 2 rings (SSSR count). The number of carboxylic acid groups (broad SMARTS) is 1. The summed E-state index contributed by atoms with van der Waals surface area (Å²) >= 11 is 0. The van der Waals surface area contributed by atoms with Gasteiger partial charge in [-0.1, -0.05) is 30.3 Å². The topological polar surface area (TPSA) is 86.7 Å². The first-order chi connectivity index (χ1) is 11.0. The van der Waals surface area contributed by atoms with Gasteiger partial charge in [-0.3, -0.25) is 9.59 Å². The summed E-state index contributed by atoms with van der Waals surface area (Å²) in [6.45, 7) is -0.0984. The third-order valence-electron chi connectivity index (χ3n) is 3.74. The molecule has 6 heteroatoms. The van der Waals surface area contributed by atoms with Crippen molar-refractivity contribution in [1.29, 1.82) is 0 Å². The van der Waals surface area contributed by atoms with Gasteiger partial charge in [0.1, 0.15) is 12.1 Å². The summed E-state index contributed by atoms with van der Waals surface area (Å²) in [4.78, 5) is 36.8. The van der Waals surface area contributed by atoms with E-state index in [0.29, 0.717) is 19.4 Å². The Morgan fingerprint density at radius 3 is 2.77 bits per heavy atom. The van der Waals surface area contributed by atoms with Gasteiger partial charge < -0.3 is 15.3 Å². The Morgan fingerprint density at radius 2 is 2.14 bits per heavy atom. The number of rotatable bonds is 5. The van der Waals surface area contributed by atoms with E-state index in [1.54, 1.807) is 0 Å². The fourth-order valence-corrected chi connectivity index (χ4v) is 2.73. The summed E-state index contributed by atoms with van der Waals surface area (Å²) in [7, 11) is 0. The Hall–Kier alpha value is -2.37. The highest BCUT2D eigenvalue weighted by molar-refractivity contribution is 5.90. The number of benzene rings is 1.